The molecule has 2 N–H and O–H groups in total. The highest BCUT2D eigenvalue weighted by atomic mass is 127. The number of likely N-dealkylation sites (N-methyl/N-ethyl adjacent to an activating group) is 1. The fourth-order valence-electron chi connectivity index (χ4n) is 4.29. The van der Waals surface area contributed by atoms with Crippen LogP contribution in [-0.4, -0.2) is 74.7 Å². The van der Waals surface area contributed by atoms with Crippen molar-refractivity contribution in [1.29, 1.82) is 0 Å². The van der Waals surface area contributed by atoms with Crippen LogP contribution in [0.3, 0.4) is 0 Å². The second-order valence-electron chi connectivity index (χ2n) is 8.38. The lowest BCUT2D eigenvalue weighted by Gasteiger charge is -2.34. The van der Waals surface area contributed by atoms with Gasteiger partial charge in [-0.3, -0.25) is 0 Å². The molecule has 4 rings (SSSR count). The lowest BCUT2D eigenvalue weighted by Crippen LogP contribution is -2.45. The third-order valence-electron chi connectivity index (χ3n) is 6.07. The maximum Gasteiger partial charge on any atom is 0.191 e. The monoisotopic (exact) mass is 549 g/mol. The average Bonchev–Trinajstić information content (AvgIpc) is 3.28. The summed E-state index contributed by atoms with van der Waals surface area (Å²) >= 11 is 0. The van der Waals surface area contributed by atoms with Crippen LogP contribution in [0, 0.1) is 0 Å². The van der Waals surface area contributed by atoms with Gasteiger partial charge in [0.1, 0.15) is 5.82 Å². The van der Waals surface area contributed by atoms with Crippen LogP contribution in [0.2, 0.25) is 0 Å². The molecule has 1 unspecified atom stereocenters. The van der Waals surface area contributed by atoms with Gasteiger partial charge in [0, 0.05) is 69.3 Å². The molecule has 1 aromatic carbocycles. The minimum absolute atomic E-state index is 0. The molecular formula is C24H36IN7. The molecule has 0 amide bonds. The molecule has 1 aromatic heterocycles. The zero-order valence-corrected chi connectivity index (χ0v) is 21.5. The van der Waals surface area contributed by atoms with Crippen molar-refractivity contribution in [3.05, 3.63) is 54.2 Å². The van der Waals surface area contributed by atoms with Gasteiger partial charge in [-0.25, -0.2) is 9.98 Å². The smallest absolute Gasteiger partial charge is 0.191 e. The number of para-hydroxylation sites is 1. The average molecular weight is 550 g/mol. The fourth-order valence-corrected chi connectivity index (χ4v) is 4.29. The number of nitrogens with zero attached hydrogens (tertiary/aromatic N) is 5. The van der Waals surface area contributed by atoms with Gasteiger partial charge in [-0.05, 0) is 38.6 Å². The minimum Gasteiger partial charge on any atom is -0.369 e. The number of guanidine groups is 1. The summed E-state index contributed by atoms with van der Waals surface area (Å²) < 4.78 is 0. The van der Waals surface area contributed by atoms with Crippen LogP contribution in [0.5, 0.6) is 0 Å². The Kier molecular flexibility index (Phi) is 9.40. The fraction of sp³-hybridized carbons (Fsp3) is 0.500. The largest absolute Gasteiger partial charge is 0.369 e. The Labute approximate surface area is 209 Å². The van der Waals surface area contributed by atoms with Crippen LogP contribution in [0.1, 0.15) is 18.9 Å². The minimum atomic E-state index is 0. The first kappa shape index (κ1) is 24.6. The van der Waals surface area contributed by atoms with Crippen LogP contribution in [0.4, 0.5) is 11.5 Å². The number of benzene rings is 1. The second kappa shape index (κ2) is 12.2. The summed E-state index contributed by atoms with van der Waals surface area (Å²) in [5, 5.41) is 7.07. The predicted octanol–water partition coefficient (Wildman–Crippen LogP) is 2.79. The standard InChI is InChI=1S/C24H35N7.HI/c1-3-25-24(28-21-11-13-31(19-21)22-9-5-4-6-10-22)27-18-20-8-7-12-26-23(20)30-16-14-29(2)15-17-30;/h4-10,12,21H,3,11,13-19H2,1-2H3,(H2,25,27,28);1H. The Morgan fingerprint density at radius 3 is 2.56 bits per heavy atom. The van der Waals surface area contributed by atoms with Gasteiger partial charge in [-0.1, -0.05) is 24.3 Å². The van der Waals surface area contributed by atoms with Crippen molar-refractivity contribution in [3.8, 4) is 0 Å². The number of aliphatic imine (C=N–C) groups is 1. The maximum absolute atomic E-state index is 4.91. The van der Waals surface area contributed by atoms with Crippen LogP contribution < -0.4 is 20.4 Å². The van der Waals surface area contributed by atoms with E-state index in [9.17, 15) is 0 Å². The van der Waals surface area contributed by atoms with E-state index in [2.05, 4.69) is 80.7 Å². The quantitative estimate of drug-likeness (QED) is 0.329. The molecule has 174 valence electrons. The number of halogens is 1. The first-order valence-electron chi connectivity index (χ1n) is 11.4. The summed E-state index contributed by atoms with van der Waals surface area (Å²) in [5.74, 6) is 1.96. The molecule has 3 heterocycles. The molecule has 8 heteroatoms. The highest BCUT2D eigenvalue weighted by Gasteiger charge is 2.23. The van der Waals surface area contributed by atoms with Gasteiger partial charge in [0.05, 0.1) is 6.54 Å². The number of aromatic nitrogens is 1. The Morgan fingerprint density at radius 2 is 1.81 bits per heavy atom. The normalized spacial score (nSPS) is 19.6. The van der Waals surface area contributed by atoms with Crippen molar-refractivity contribution in [2.45, 2.75) is 25.9 Å². The highest BCUT2D eigenvalue weighted by Crippen LogP contribution is 2.21. The van der Waals surface area contributed by atoms with Crippen LogP contribution in [0.15, 0.2) is 53.7 Å². The van der Waals surface area contributed by atoms with E-state index < -0.39 is 0 Å². The Morgan fingerprint density at radius 1 is 1.03 bits per heavy atom. The molecule has 2 saturated heterocycles. The van der Waals surface area contributed by atoms with E-state index in [1.165, 1.54) is 11.3 Å². The van der Waals surface area contributed by atoms with E-state index in [1.54, 1.807) is 0 Å². The number of hydrogen-bond acceptors (Lipinski definition) is 5. The van der Waals surface area contributed by atoms with E-state index >= 15 is 0 Å². The summed E-state index contributed by atoms with van der Waals surface area (Å²) in [6.45, 7) is 9.82. The number of anilines is 2. The number of hydrogen-bond donors (Lipinski definition) is 2. The number of nitrogens with one attached hydrogen (secondary N) is 2. The molecule has 32 heavy (non-hydrogen) atoms. The van der Waals surface area contributed by atoms with E-state index in [0.29, 0.717) is 12.6 Å². The van der Waals surface area contributed by atoms with Crippen molar-refractivity contribution in [3.63, 3.8) is 0 Å². The molecule has 7 nitrogen and oxygen atoms in total. The van der Waals surface area contributed by atoms with Gasteiger partial charge in [0.2, 0.25) is 0 Å². The molecule has 0 bridgehead atoms. The molecule has 0 saturated carbocycles. The van der Waals surface area contributed by atoms with E-state index in [0.717, 1.165) is 64.0 Å². The molecule has 2 aliphatic heterocycles. The van der Waals surface area contributed by atoms with Crippen molar-refractivity contribution >= 4 is 41.4 Å². The molecule has 0 spiro atoms. The van der Waals surface area contributed by atoms with E-state index in [4.69, 9.17) is 4.99 Å². The number of pyridine rings is 1. The van der Waals surface area contributed by atoms with Crippen LogP contribution >= 0.6 is 24.0 Å². The van der Waals surface area contributed by atoms with Gasteiger partial charge in [-0.15, -0.1) is 24.0 Å². The highest BCUT2D eigenvalue weighted by molar-refractivity contribution is 14.0. The van der Waals surface area contributed by atoms with E-state index in [-0.39, 0.29) is 24.0 Å². The molecule has 1 atom stereocenters. The topological polar surface area (TPSA) is 59.0 Å². The van der Waals surface area contributed by atoms with Crippen molar-refractivity contribution in [2.24, 2.45) is 4.99 Å². The van der Waals surface area contributed by atoms with Crippen LogP contribution in [0.25, 0.3) is 0 Å². The zero-order valence-electron chi connectivity index (χ0n) is 19.2. The molecule has 2 fully saturated rings. The second-order valence-corrected chi connectivity index (χ2v) is 8.38. The molecule has 0 aliphatic carbocycles. The number of rotatable bonds is 6. The Hall–Kier alpha value is -2.07. The van der Waals surface area contributed by atoms with E-state index in [1.807, 2.05) is 12.3 Å². The molecule has 0 radical (unpaired) electrons. The summed E-state index contributed by atoms with van der Waals surface area (Å²) in [5.41, 5.74) is 2.47. The molecule has 2 aliphatic rings. The molecular weight excluding hydrogens is 513 g/mol. The third-order valence-corrected chi connectivity index (χ3v) is 6.07. The van der Waals surface area contributed by atoms with Gasteiger partial charge in [0.25, 0.3) is 0 Å². The summed E-state index contributed by atoms with van der Waals surface area (Å²) in [4.78, 5) is 16.8. The predicted molar refractivity (Wildman–Crippen MR) is 144 cm³/mol. The molecule has 2 aromatic rings. The van der Waals surface area contributed by atoms with Gasteiger partial charge in [-0.2, -0.15) is 0 Å². The van der Waals surface area contributed by atoms with Crippen LogP contribution in [-0.2, 0) is 6.54 Å². The van der Waals surface area contributed by atoms with Gasteiger partial charge in [0.15, 0.2) is 5.96 Å². The first-order valence-corrected chi connectivity index (χ1v) is 11.4. The van der Waals surface area contributed by atoms with Gasteiger partial charge < -0.3 is 25.3 Å². The van der Waals surface area contributed by atoms with Crippen molar-refractivity contribution < 1.29 is 0 Å². The first-order chi connectivity index (χ1) is 15.2. The Bertz CT molecular complexity index is 852. The van der Waals surface area contributed by atoms with Gasteiger partial charge >= 0.3 is 0 Å². The lowest BCUT2D eigenvalue weighted by molar-refractivity contribution is 0.312. The van der Waals surface area contributed by atoms with Crippen molar-refractivity contribution in [1.82, 2.24) is 20.5 Å². The summed E-state index contributed by atoms with van der Waals surface area (Å²) in [6.07, 6.45) is 3.00. The third kappa shape index (κ3) is 6.48. The number of piperazine rings is 1. The lowest BCUT2D eigenvalue weighted by atomic mass is 10.2. The maximum atomic E-state index is 4.91. The van der Waals surface area contributed by atoms with Crippen molar-refractivity contribution in [2.75, 3.05) is 62.7 Å². The SMILES string of the molecule is CCNC(=NCc1cccnc1N1CCN(C)CC1)NC1CCN(c2ccccc2)C1.I. The Balaban J connectivity index is 0.00000289. The summed E-state index contributed by atoms with van der Waals surface area (Å²) in [7, 11) is 2.18. The summed E-state index contributed by atoms with van der Waals surface area (Å²) in [6, 6.07) is 15.2. The zero-order chi connectivity index (χ0) is 21.5.